The molecule has 2 aliphatic heterocycles. The number of carbonyl (C=O) groups is 4. The lowest BCUT2D eigenvalue weighted by molar-refractivity contribution is -0.127. The Bertz CT molecular complexity index is 1150. The standard InChI is InChI=1S/C28H33N3O5/c1-17(2)18(3)29-25(32)20-11-13-30(14-12-20)26(33)23-15-19(9-10-24(23)36-4)16-31-27(34)21-7-5-6-8-22(21)28(31)35/h5-10,15,17-18,20H,11-14,16H2,1-4H3,(H,29,32). The fourth-order valence-corrected chi connectivity index (χ4v) is 4.61. The summed E-state index contributed by atoms with van der Waals surface area (Å²) >= 11 is 0. The molecule has 8 heteroatoms. The molecule has 2 aromatic carbocycles. The first-order chi connectivity index (χ1) is 17.2. The normalized spacial score (nSPS) is 16.8. The van der Waals surface area contributed by atoms with Gasteiger partial charge in [0.1, 0.15) is 5.75 Å². The van der Waals surface area contributed by atoms with Crippen molar-refractivity contribution in [3.05, 3.63) is 64.7 Å². The van der Waals surface area contributed by atoms with E-state index in [1.807, 2.05) is 6.92 Å². The second-order valence-corrected chi connectivity index (χ2v) is 9.88. The van der Waals surface area contributed by atoms with Gasteiger partial charge in [-0.05, 0) is 55.5 Å². The van der Waals surface area contributed by atoms with Crippen LogP contribution in [-0.2, 0) is 11.3 Å². The molecule has 1 saturated heterocycles. The molecule has 0 saturated carbocycles. The average molecular weight is 492 g/mol. The highest BCUT2D eigenvalue weighted by Gasteiger charge is 2.35. The molecule has 0 aromatic heterocycles. The zero-order chi connectivity index (χ0) is 26.0. The monoisotopic (exact) mass is 491 g/mol. The zero-order valence-corrected chi connectivity index (χ0v) is 21.2. The molecule has 1 N–H and O–H groups in total. The number of ether oxygens (including phenoxy) is 1. The lowest BCUT2D eigenvalue weighted by Gasteiger charge is -2.32. The molecule has 1 atom stereocenters. The van der Waals surface area contributed by atoms with Crippen molar-refractivity contribution in [1.29, 1.82) is 0 Å². The topological polar surface area (TPSA) is 96.0 Å². The summed E-state index contributed by atoms with van der Waals surface area (Å²) in [7, 11) is 1.50. The summed E-state index contributed by atoms with van der Waals surface area (Å²) in [6.45, 7) is 7.15. The van der Waals surface area contributed by atoms with Gasteiger partial charge in [0.25, 0.3) is 17.7 Å². The number of imide groups is 1. The van der Waals surface area contributed by atoms with Crippen LogP contribution in [0.25, 0.3) is 0 Å². The van der Waals surface area contributed by atoms with Crippen molar-refractivity contribution in [3.63, 3.8) is 0 Å². The average Bonchev–Trinajstić information content (AvgIpc) is 3.13. The highest BCUT2D eigenvalue weighted by atomic mass is 16.5. The molecule has 4 amide bonds. The molecule has 0 radical (unpaired) electrons. The summed E-state index contributed by atoms with van der Waals surface area (Å²) < 4.78 is 5.44. The van der Waals surface area contributed by atoms with Gasteiger partial charge in [-0.2, -0.15) is 0 Å². The number of nitrogens with one attached hydrogen (secondary N) is 1. The predicted molar refractivity (Wildman–Crippen MR) is 135 cm³/mol. The van der Waals surface area contributed by atoms with Gasteiger partial charge >= 0.3 is 0 Å². The number of methoxy groups -OCH3 is 1. The number of nitrogens with zero attached hydrogens (tertiary/aromatic N) is 2. The second kappa shape index (κ2) is 10.5. The van der Waals surface area contributed by atoms with Crippen LogP contribution in [0.2, 0.25) is 0 Å². The molecule has 1 unspecified atom stereocenters. The van der Waals surface area contributed by atoms with Gasteiger partial charge in [-0.1, -0.05) is 32.0 Å². The number of benzene rings is 2. The quantitative estimate of drug-likeness (QED) is 0.598. The third-order valence-electron chi connectivity index (χ3n) is 7.24. The maximum absolute atomic E-state index is 13.4. The van der Waals surface area contributed by atoms with E-state index >= 15 is 0 Å². The van der Waals surface area contributed by atoms with E-state index in [4.69, 9.17) is 4.74 Å². The number of amides is 4. The molecule has 36 heavy (non-hydrogen) atoms. The molecule has 0 aliphatic carbocycles. The largest absolute Gasteiger partial charge is 0.496 e. The number of hydrogen-bond donors (Lipinski definition) is 1. The van der Waals surface area contributed by atoms with Gasteiger partial charge in [0.05, 0.1) is 30.3 Å². The first-order valence-corrected chi connectivity index (χ1v) is 12.4. The first-order valence-electron chi connectivity index (χ1n) is 12.4. The van der Waals surface area contributed by atoms with E-state index in [2.05, 4.69) is 19.2 Å². The Hall–Kier alpha value is -3.68. The summed E-state index contributed by atoms with van der Waals surface area (Å²) in [5.41, 5.74) is 1.82. The van der Waals surface area contributed by atoms with Crippen molar-refractivity contribution in [2.45, 2.75) is 46.2 Å². The van der Waals surface area contributed by atoms with E-state index in [0.717, 1.165) is 0 Å². The number of rotatable bonds is 7. The molecular weight excluding hydrogens is 458 g/mol. The maximum Gasteiger partial charge on any atom is 0.261 e. The Morgan fingerprint density at radius 1 is 1.00 bits per heavy atom. The lowest BCUT2D eigenvalue weighted by atomic mass is 9.94. The zero-order valence-electron chi connectivity index (χ0n) is 21.2. The minimum absolute atomic E-state index is 0.0452. The lowest BCUT2D eigenvalue weighted by Crippen LogP contribution is -2.45. The fourth-order valence-electron chi connectivity index (χ4n) is 4.61. The van der Waals surface area contributed by atoms with Crippen LogP contribution in [0, 0.1) is 11.8 Å². The maximum atomic E-state index is 13.4. The minimum atomic E-state index is -0.341. The van der Waals surface area contributed by atoms with Crippen molar-refractivity contribution < 1.29 is 23.9 Å². The van der Waals surface area contributed by atoms with Crippen LogP contribution < -0.4 is 10.1 Å². The molecule has 8 nitrogen and oxygen atoms in total. The smallest absolute Gasteiger partial charge is 0.261 e. The van der Waals surface area contributed by atoms with Gasteiger partial charge in [-0.25, -0.2) is 0 Å². The van der Waals surface area contributed by atoms with Gasteiger partial charge in [-0.15, -0.1) is 0 Å². The highest BCUT2D eigenvalue weighted by molar-refractivity contribution is 6.21. The molecule has 2 heterocycles. The molecular formula is C28H33N3O5. The number of hydrogen-bond acceptors (Lipinski definition) is 5. The van der Waals surface area contributed by atoms with E-state index in [1.54, 1.807) is 47.4 Å². The molecule has 2 aliphatic rings. The van der Waals surface area contributed by atoms with E-state index < -0.39 is 0 Å². The molecule has 0 bridgehead atoms. The summed E-state index contributed by atoms with van der Waals surface area (Å²) in [5.74, 6) is -0.156. The van der Waals surface area contributed by atoms with E-state index in [9.17, 15) is 19.2 Å². The van der Waals surface area contributed by atoms with Gasteiger partial charge in [0.15, 0.2) is 0 Å². The van der Waals surface area contributed by atoms with Gasteiger partial charge < -0.3 is 15.0 Å². The number of piperidine rings is 1. The summed E-state index contributed by atoms with van der Waals surface area (Å²) in [6.07, 6.45) is 1.19. The van der Waals surface area contributed by atoms with E-state index in [-0.39, 0.29) is 42.1 Å². The van der Waals surface area contributed by atoms with Crippen LogP contribution in [0.1, 0.15) is 70.3 Å². The van der Waals surface area contributed by atoms with Crippen molar-refractivity contribution in [3.8, 4) is 5.75 Å². The Labute approximate surface area is 211 Å². The van der Waals surface area contributed by atoms with Gasteiger partial charge in [-0.3, -0.25) is 24.1 Å². The van der Waals surface area contributed by atoms with Gasteiger partial charge in [0, 0.05) is 25.0 Å². The van der Waals surface area contributed by atoms with Crippen molar-refractivity contribution in [1.82, 2.24) is 15.1 Å². The van der Waals surface area contributed by atoms with Crippen LogP contribution in [0.4, 0.5) is 0 Å². The Balaban J connectivity index is 1.45. The number of carbonyl (C=O) groups excluding carboxylic acids is 4. The SMILES string of the molecule is COc1ccc(CN2C(=O)c3ccccc3C2=O)cc1C(=O)N1CCC(C(=O)NC(C)C(C)C)CC1. The number of fused-ring (bicyclic) bond motifs is 1. The van der Waals surface area contributed by atoms with Crippen LogP contribution >= 0.6 is 0 Å². The van der Waals surface area contributed by atoms with E-state index in [0.29, 0.717) is 59.9 Å². The first kappa shape index (κ1) is 25.4. The van der Waals surface area contributed by atoms with Crippen molar-refractivity contribution in [2.24, 2.45) is 11.8 Å². The Morgan fingerprint density at radius 3 is 2.17 bits per heavy atom. The molecule has 2 aromatic rings. The third kappa shape index (κ3) is 4.98. The van der Waals surface area contributed by atoms with Gasteiger partial charge in [0.2, 0.25) is 5.91 Å². The van der Waals surface area contributed by atoms with Crippen LogP contribution in [0.5, 0.6) is 5.75 Å². The second-order valence-electron chi connectivity index (χ2n) is 9.88. The number of likely N-dealkylation sites (tertiary alicyclic amines) is 1. The van der Waals surface area contributed by atoms with Crippen LogP contribution in [0.3, 0.4) is 0 Å². The molecule has 190 valence electrons. The Morgan fingerprint density at radius 2 is 1.61 bits per heavy atom. The summed E-state index contributed by atoms with van der Waals surface area (Å²) in [6, 6.07) is 12.0. The molecule has 0 spiro atoms. The molecule has 4 rings (SSSR count). The highest BCUT2D eigenvalue weighted by Crippen LogP contribution is 2.28. The Kier molecular flexibility index (Phi) is 7.43. The van der Waals surface area contributed by atoms with Crippen LogP contribution in [0.15, 0.2) is 42.5 Å². The summed E-state index contributed by atoms with van der Waals surface area (Å²) in [4.78, 5) is 54.5. The van der Waals surface area contributed by atoms with Crippen LogP contribution in [-0.4, -0.2) is 59.7 Å². The third-order valence-corrected chi connectivity index (χ3v) is 7.24. The predicted octanol–water partition coefficient (Wildman–Crippen LogP) is 3.50. The van der Waals surface area contributed by atoms with E-state index in [1.165, 1.54) is 12.0 Å². The van der Waals surface area contributed by atoms with Crippen molar-refractivity contribution >= 4 is 23.6 Å². The fraction of sp³-hybridized carbons (Fsp3) is 0.429. The minimum Gasteiger partial charge on any atom is -0.496 e. The summed E-state index contributed by atoms with van der Waals surface area (Å²) in [5, 5.41) is 3.08. The van der Waals surface area contributed by atoms with Crippen molar-refractivity contribution in [2.75, 3.05) is 20.2 Å². The molecule has 1 fully saturated rings.